The Morgan fingerprint density at radius 3 is 1.33 bits per heavy atom. The predicted molar refractivity (Wildman–Crippen MR) is 160 cm³/mol. The van der Waals surface area contributed by atoms with Crippen LogP contribution in [0.3, 0.4) is 0 Å². The Morgan fingerprint density at radius 1 is 0.696 bits per heavy atom. The zero-order valence-corrected chi connectivity index (χ0v) is 25.9. The Hall–Kier alpha value is -5.32. The van der Waals surface area contributed by atoms with Gasteiger partial charge in [-0.2, -0.15) is 0 Å². The molecule has 17 nitrogen and oxygen atoms in total. The molecule has 0 atom stereocenters. The third-order valence-electron chi connectivity index (χ3n) is 8.13. The van der Waals surface area contributed by atoms with Crippen LogP contribution in [0.1, 0.15) is 72.4 Å². The van der Waals surface area contributed by atoms with Gasteiger partial charge in [-0.15, -0.1) is 10.1 Å². The first kappa shape index (κ1) is 35.2. The lowest BCUT2D eigenvalue weighted by atomic mass is 9.77. The third kappa shape index (κ3) is 6.98. The highest BCUT2D eigenvalue weighted by atomic mass is 16.9. The van der Waals surface area contributed by atoms with E-state index in [4.69, 9.17) is 15.3 Å². The number of non-ortho nitro benzene ring substituents is 2. The molecule has 2 heterocycles. The molecule has 0 radical (unpaired) electrons. The monoisotopic (exact) mass is 642 g/mol. The number of carbonyl (C=O) groups is 4. The SMILES string of the molecule is CN(CCCN1C(=O)c2cc([N+](=O)[O-])ccc2C(C)(C)C1=O)CCCN1C(=O)c2cc([N+](=O)[O-])ccc2C(C)(C)C1=O.O=[N+]([O-])O. The van der Waals surface area contributed by atoms with E-state index in [-0.39, 0.29) is 47.4 Å². The van der Waals surface area contributed by atoms with Crippen LogP contribution >= 0.6 is 0 Å². The summed E-state index contributed by atoms with van der Waals surface area (Å²) in [7, 11) is 1.84. The van der Waals surface area contributed by atoms with E-state index in [1.54, 1.807) is 27.7 Å². The van der Waals surface area contributed by atoms with Crippen molar-refractivity contribution in [1.29, 1.82) is 0 Å². The average molecular weight is 643 g/mol. The Morgan fingerprint density at radius 2 is 1.02 bits per heavy atom. The van der Waals surface area contributed by atoms with E-state index in [0.29, 0.717) is 37.1 Å². The van der Waals surface area contributed by atoms with Crippen molar-refractivity contribution < 1.29 is 39.3 Å². The molecule has 0 aromatic heterocycles. The Labute approximate surface area is 262 Å². The summed E-state index contributed by atoms with van der Waals surface area (Å²) in [6.07, 6.45) is 0.889. The molecule has 4 rings (SSSR count). The normalized spacial score (nSPS) is 16.4. The molecule has 0 fully saturated rings. The van der Waals surface area contributed by atoms with Crippen LogP contribution in [0, 0.1) is 30.3 Å². The molecule has 2 aromatic carbocycles. The molecule has 0 aliphatic carbocycles. The number of hydrogen-bond donors (Lipinski definition) is 1. The summed E-state index contributed by atoms with van der Waals surface area (Å²) < 4.78 is 0. The van der Waals surface area contributed by atoms with Gasteiger partial charge in [-0.3, -0.25) is 49.2 Å². The second kappa shape index (κ2) is 13.4. The molecular formula is C29H34N6O11. The molecule has 2 aromatic rings. The van der Waals surface area contributed by atoms with E-state index < -0.39 is 37.6 Å². The second-order valence-electron chi connectivity index (χ2n) is 12.0. The second-order valence-corrected chi connectivity index (χ2v) is 12.0. The number of nitrogens with zero attached hydrogens (tertiary/aromatic N) is 6. The number of nitro benzene ring substituents is 2. The van der Waals surface area contributed by atoms with Crippen LogP contribution in [0.5, 0.6) is 0 Å². The summed E-state index contributed by atoms with van der Waals surface area (Å²) in [5.41, 5.74) is -1.28. The lowest BCUT2D eigenvalue weighted by Crippen LogP contribution is -2.52. The van der Waals surface area contributed by atoms with Crippen LogP contribution in [0.4, 0.5) is 11.4 Å². The van der Waals surface area contributed by atoms with E-state index in [1.165, 1.54) is 36.4 Å². The van der Waals surface area contributed by atoms with E-state index in [1.807, 2.05) is 11.9 Å². The molecule has 4 amide bonds. The fourth-order valence-electron chi connectivity index (χ4n) is 5.63. The van der Waals surface area contributed by atoms with Gasteiger partial charge in [0.25, 0.3) is 28.3 Å². The van der Waals surface area contributed by atoms with Crippen molar-refractivity contribution in [2.24, 2.45) is 0 Å². The van der Waals surface area contributed by atoms with Gasteiger partial charge in [0.2, 0.25) is 11.8 Å². The number of fused-ring (bicyclic) bond motifs is 2. The maximum atomic E-state index is 13.2. The van der Waals surface area contributed by atoms with E-state index in [2.05, 4.69) is 0 Å². The maximum Gasteiger partial charge on any atom is 0.291 e. The fraction of sp³-hybridized carbons (Fsp3) is 0.448. The number of benzene rings is 2. The van der Waals surface area contributed by atoms with Crippen molar-refractivity contribution in [3.05, 3.63) is 89.0 Å². The van der Waals surface area contributed by atoms with Gasteiger partial charge in [-0.25, -0.2) is 0 Å². The van der Waals surface area contributed by atoms with E-state index in [0.717, 1.165) is 9.80 Å². The van der Waals surface area contributed by atoms with Crippen molar-refractivity contribution in [2.45, 2.75) is 51.4 Å². The van der Waals surface area contributed by atoms with Crippen molar-refractivity contribution in [2.75, 3.05) is 33.2 Å². The summed E-state index contributed by atoms with van der Waals surface area (Å²) in [6, 6.07) is 7.94. The predicted octanol–water partition coefficient (Wildman–Crippen LogP) is 3.09. The van der Waals surface area contributed by atoms with Gasteiger partial charge in [-0.1, -0.05) is 12.1 Å². The minimum absolute atomic E-state index is 0.125. The van der Waals surface area contributed by atoms with Gasteiger partial charge in [0.1, 0.15) is 0 Å². The first-order valence-corrected chi connectivity index (χ1v) is 14.1. The van der Waals surface area contributed by atoms with E-state index in [9.17, 15) is 39.4 Å². The van der Waals surface area contributed by atoms with E-state index >= 15 is 0 Å². The van der Waals surface area contributed by atoms with Crippen LogP contribution in [0.25, 0.3) is 0 Å². The van der Waals surface area contributed by atoms with Gasteiger partial charge in [-0.05, 0) is 71.8 Å². The molecule has 0 spiro atoms. The molecule has 17 heteroatoms. The number of rotatable bonds is 10. The largest absolute Gasteiger partial charge is 0.328 e. The summed E-state index contributed by atoms with van der Waals surface area (Å²) in [4.78, 5) is 86.5. The van der Waals surface area contributed by atoms with Crippen LogP contribution in [-0.2, 0) is 20.4 Å². The zero-order chi connectivity index (χ0) is 34.7. The van der Waals surface area contributed by atoms with Gasteiger partial charge in [0, 0.05) is 37.4 Å². The highest BCUT2D eigenvalue weighted by Crippen LogP contribution is 2.37. The molecule has 2 aliphatic rings. The van der Waals surface area contributed by atoms with Crippen molar-refractivity contribution in [3.8, 4) is 0 Å². The van der Waals surface area contributed by atoms with Crippen LogP contribution in [0.2, 0.25) is 0 Å². The highest BCUT2D eigenvalue weighted by Gasteiger charge is 2.46. The molecule has 1 N–H and O–H groups in total. The highest BCUT2D eigenvalue weighted by molar-refractivity contribution is 6.14. The lowest BCUT2D eigenvalue weighted by molar-refractivity contribution is -0.742. The van der Waals surface area contributed by atoms with Crippen molar-refractivity contribution in [1.82, 2.24) is 14.7 Å². The first-order chi connectivity index (χ1) is 21.3. The number of hydrogen-bond acceptors (Lipinski definition) is 11. The Kier molecular flexibility index (Phi) is 10.2. The van der Waals surface area contributed by atoms with Gasteiger partial charge in [0.15, 0.2) is 0 Å². The topological polar surface area (TPSA) is 228 Å². The molecule has 246 valence electrons. The standard InChI is InChI=1S/C29H33N5O8.HNO3/c1-28(2)22-10-8-18(33(39)40)16-20(22)24(35)31(26(28)37)14-6-12-30(5)13-7-15-32-25(36)21-17-19(34(41)42)9-11-23(21)29(3,4)27(32)38;2-1(3)4/h8-11,16-17H,6-7,12-15H2,1-5H3;(H,2,3,4). The van der Waals surface area contributed by atoms with Gasteiger partial charge >= 0.3 is 0 Å². The summed E-state index contributed by atoms with van der Waals surface area (Å²) >= 11 is 0. The minimum atomic E-state index is -1.50. The quantitative estimate of drug-likeness (QED) is 0.224. The summed E-state index contributed by atoms with van der Waals surface area (Å²) in [6.45, 7) is 8.00. The molecule has 46 heavy (non-hydrogen) atoms. The van der Waals surface area contributed by atoms with Crippen LogP contribution in [-0.4, -0.2) is 91.7 Å². The maximum absolute atomic E-state index is 13.2. The zero-order valence-electron chi connectivity index (χ0n) is 25.9. The smallest absolute Gasteiger partial charge is 0.291 e. The Balaban J connectivity index is 0.00000136. The van der Waals surface area contributed by atoms with Crippen LogP contribution < -0.4 is 0 Å². The minimum Gasteiger partial charge on any atom is -0.328 e. The number of imide groups is 2. The van der Waals surface area contributed by atoms with Crippen molar-refractivity contribution in [3.63, 3.8) is 0 Å². The summed E-state index contributed by atoms with van der Waals surface area (Å²) in [5.74, 6) is -1.87. The van der Waals surface area contributed by atoms with Gasteiger partial charge < -0.3 is 10.1 Å². The van der Waals surface area contributed by atoms with Gasteiger partial charge in [0.05, 0.1) is 31.8 Å². The molecule has 0 unspecified atom stereocenters. The molecule has 0 saturated heterocycles. The number of carbonyl (C=O) groups excluding carboxylic acids is 4. The molecular weight excluding hydrogens is 608 g/mol. The summed E-state index contributed by atoms with van der Waals surface area (Å²) in [5, 5.41) is 36.1. The molecule has 0 bridgehead atoms. The number of nitro groups is 2. The first-order valence-electron chi connectivity index (χ1n) is 14.1. The lowest BCUT2D eigenvalue weighted by Gasteiger charge is -2.37. The fourth-order valence-corrected chi connectivity index (χ4v) is 5.63. The molecule has 0 saturated carbocycles. The molecule has 2 aliphatic heterocycles. The third-order valence-corrected chi connectivity index (χ3v) is 8.13. The number of amides is 4. The van der Waals surface area contributed by atoms with Crippen LogP contribution in [0.15, 0.2) is 36.4 Å². The Bertz CT molecular complexity index is 1510. The average Bonchev–Trinajstić information content (AvgIpc) is 2.98. The van der Waals surface area contributed by atoms with Crippen molar-refractivity contribution >= 4 is 35.0 Å².